The highest BCUT2D eigenvalue weighted by molar-refractivity contribution is 5.76. The zero-order valence-electron chi connectivity index (χ0n) is 14.0. The van der Waals surface area contributed by atoms with Crippen LogP contribution >= 0.6 is 0 Å². The van der Waals surface area contributed by atoms with Crippen LogP contribution in [0.5, 0.6) is 0 Å². The Bertz CT molecular complexity index is 527. The van der Waals surface area contributed by atoms with Gasteiger partial charge in [0.15, 0.2) is 0 Å². The second-order valence-corrected chi connectivity index (χ2v) is 6.64. The number of carbonyl (C=O) groups excluding carboxylic acids is 1. The van der Waals surface area contributed by atoms with Crippen LogP contribution in [0.2, 0.25) is 0 Å². The quantitative estimate of drug-likeness (QED) is 0.895. The van der Waals surface area contributed by atoms with Crippen LogP contribution in [-0.4, -0.2) is 64.4 Å². The van der Waals surface area contributed by atoms with E-state index in [1.165, 1.54) is 0 Å². The molecule has 3 heterocycles. The summed E-state index contributed by atoms with van der Waals surface area (Å²) in [6.45, 7) is 7.00. The molecule has 0 aromatic carbocycles. The standard InChI is InChI=1S/C17H27N5O/c1-14-12-16(19-13-18-14)20-15-5-8-21(9-6-15)10-11-22-7-3-2-4-17(22)23/h12-13,15H,2-11H2,1H3,(H,18,19,20). The molecule has 2 aliphatic heterocycles. The molecule has 1 aromatic heterocycles. The number of hydrogen-bond acceptors (Lipinski definition) is 5. The van der Waals surface area contributed by atoms with Crippen molar-refractivity contribution in [3.8, 4) is 0 Å². The number of carbonyl (C=O) groups is 1. The maximum atomic E-state index is 11.8. The van der Waals surface area contributed by atoms with E-state index in [-0.39, 0.29) is 0 Å². The normalized spacial score (nSPS) is 20.7. The lowest BCUT2D eigenvalue weighted by molar-refractivity contribution is -0.133. The smallest absolute Gasteiger partial charge is 0.222 e. The second kappa shape index (κ2) is 7.73. The number of piperidine rings is 2. The summed E-state index contributed by atoms with van der Waals surface area (Å²) in [6.07, 6.45) is 6.83. The summed E-state index contributed by atoms with van der Waals surface area (Å²) in [4.78, 5) is 24.8. The largest absolute Gasteiger partial charge is 0.367 e. The third kappa shape index (κ3) is 4.64. The number of rotatable bonds is 5. The van der Waals surface area contributed by atoms with Gasteiger partial charge in [0.1, 0.15) is 12.1 Å². The third-order valence-electron chi connectivity index (χ3n) is 4.85. The molecule has 2 saturated heterocycles. The molecule has 126 valence electrons. The molecule has 2 fully saturated rings. The van der Waals surface area contributed by atoms with Gasteiger partial charge in [0.2, 0.25) is 5.91 Å². The van der Waals surface area contributed by atoms with E-state index >= 15 is 0 Å². The molecule has 2 aliphatic rings. The first kappa shape index (κ1) is 16.2. The van der Waals surface area contributed by atoms with Gasteiger partial charge < -0.3 is 15.1 Å². The number of aromatic nitrogens is 2. The van der Waals surface area contributed by atoms with Crippen molar-refractivity contribution in [2.45, 2.75) is 45.1 Å². The number of nitrogens with one attached hydrogen (secondary N) is 1. The predicted molar refractivity (Wildman–Crippen MR) is 90.3 cm³/mol. The van der Waals surface area contributed by atoms with Crippen molar-refractivity contribution < 1.29 is 4.79 Å². The molecule has 6 nitrogen and oxygen atoms in total. The summed E-state index contributed by atoms with van der Waals surface area (Å²) in [6, 6.07) is 2.48. The van der Waals surface area contributed by atoms with Crippen molar-refractivity contribution in [2.75, 3.05) is 38.0 Å². The Kier molecular flexibility index (Phi) is 5.43. The third-order valence-corrected chi connectivity index (χ3v) is 4.85. The number of hydrogen-bond donors (Lipinski definition) is 1. The number of anilines is 1. The molecule has 0 saturated carbocycles. The van der Waals surface area contributed by atoms with E-state index in [0.29, 0.717) is 11.9 Å². The van der Waals surface area contributed by atoms with Crippen molar-refractivity contribution in [1.82, 2.24) is 19.8 Å². The molecule has 0 unspecified atom stereocenters. The topological polar surface area (TPSA) is 61.4 Å². The molecule has 0 aliphatic carbocycles. The molecule has 1 aromatic rings. The Balaban J connectivity index is 1.39. The average molecular weight is 317 g/mol. The van der Waals surface area contributed by atoms with E-state index in [0.717, 1.165) is 76.3 Å². The molecular weight excluding hydrogens is 290 g/mol. The fourth-order valence-corrected chi connectivity index (χ4v) is 3.40. The second-order valence-electron chi connectivity index (χ2n) is 6.64. The summed E-state index contributed by atoms with van der Waals surface area (Å²) in [5, 5.41) is 3.51. The van der Waals surface area contributed by atoms with Crippen molar-refractivity contribution in [1.29, 1.82) is 0 Å². The van der Waals surface area contributed by atoms with Gasteiger partial charge in [0.25, 0.3) is 0 Å². The first-order chi connectivity index (χ1) is 11.2. The fourth-order valence-electron chi connectivity index (χ4n) is 3.40. The Morgan fingerprint density at radius 2 is 2.00 bits per heavy atom. The van der Waals surface area contributed by atoms with E-state index < -0.39 is 0 Å². The van der Waals surface area contributed by atoms with Gasteiger partial charge in [-0.05, 0) is 32.6 Å². The Morgan fingerprint density at radius 3 is 2.74 bits per heavy atom. The monoisotopic (exact) mass is 317 g/mol. The number of amides is 1. The lowest BCUT2D eigenvalue weighted by Crippen LogP contribution is -2.45. The van der Waals surface area contributed by atoms with Gasteiger partial charge in [0.05, 0.1) is 0 Å². The van der Waals surface area contributed by atoms with Crippen molar-refractivity contribution in [3.63, 3.8) is 0 Å². The average Bonchev–Trinajstić information content (AvgIpc) is 2.56. The first-order valence-electron chi connectivity index (χ1n) is 8.76. The molecule has 1 N–H and O–H groups in total. The molecular formula is C17H27N5O. The van der Waals surface area contributed by atoms with E-state index in [1.807, 2.05) is 17.9 Å². The van der Waals surface area contributed by atoms with Gasteiger partial charge in [-0.1, -0.05) is 0 Å². The van der Waals surface area contributed by atoms with Crippen LogP contribution in [0.1, 0.15) is 37.8 Å². The minimum absolute atomic E-state index is 0.340. The summed E-state index contributed by atoms with van der Waals surface area (Å²) >= 11 is 0. The molecule has 0 atom stereocenters. The zero-order valence-corrected chi connectivity index (χ0v) is 14.0. The minimum atomic E-state index is 0.340. The van der Waals surface area contributed by atoms with Crippen LogP contribution in [0, 0.1) is 6.92 Å². The molecule has 23 heavy (non-hydrogen) atoms. The van der Waals surface area contributed by atoms with Gasteiger partial charge >= 0.3 is 0 Å². The Hall–Kier alpha value is -1.69. The Labute approximate surface area is 138 Å². The summed E-state index contributed by atoms with van der Waals surface area (Å²) < 4.78 is 0. The van der Waals surface area contributed by atoms with Crippen LogP contribution in [-0.2, 0) is 4.79 Å². The number of nitrogens with zero attached hydrogens (tertiary/aromatic N) is 4. The highest BCUT2D eigenvalue weighted by Crippen LogP contribution is 2.16. The van der Waals surface area contributed by atoms with Crippen molar-refractivity contribution >= 4 is 11.7 Å². The van der Waals surface area contributed by atoms with Gasteiger partial charge in [-0.25, -0.2) is 9.97 Å². The molecule has 0 bridgehead atoms. The van der Waals surface area contributed by atoms with E-state index in [9.17, 15) is 4.79 Å². The Morgan fingerprint density at radius 1 is 1.17 bits per heavy atom. The highest BCUT2D eigenvalue weighted by atomic mass is 16.2. The van der Waals surface area contributed by atoms with Gasteiger partial charge in [-0.3, -0.25) is 4.79 Å². The summed E-state index contributed by atoms with van der Waals surface area (Å²) in [5.41, 5.74) is 0.992. The van der Waals surface area contributed by atoms with Gasteiger partial charge in [-0.15, -0.1) is 0 Å². The van der Waals surface area contributed by atoms with Crippen LogP contribution in [0.4, 0.5) is 5.82 Å². The highest BCUT2D eigenvalue weighted by Gasteiger charge is 2.22. The maximum Gasteiger partial charge on any atom is 0.222 e. The number of aryl methyl sites for hydroxylation is 1. The van der Waals surface area contributed by atoms with Gasteiger partial charge in [0, 0.05) is 56.9 Å². The SMILES string of the molecule is Cc1cc(NC2CCN(CCN3CCCCC3=O)CC2)ncn1. The van der Waals surface area contributed by atoms with Crippen LogP contribution in [0.25, 0.3) is 0 Å². The lowest BCUT2D eigenvalue weighted by atomic mass is 10.0. The summed E-state index contributed by atoms with van der Waals surface area (Å²) in [7, 11) is 0. The van der Waals surface area contributed by atoms with E-state index in [2.05, 4.69) is 20.2 Å². The molecule has 0 radical (unpaired) electrons. The molecule has 1 amide bonds. The maximum absolute atomic E-state index is 11.8. The summed E-state index contributed by atoms with van der Waals surface area (Å²) in [5.74, 6) is 1.27. The molecule has 0 spiro atoms. The van der Waals surface area contributed by atoms with Crippen molar-refractivity contribution in [3.05, 3.63) is 18.1 Å². The van der Waals surface area contributed by atoms with E-state index in [4.69, 9.17) is 0 Å². The number of likely N-dealkylation sites (tertiary alicyclic amines) is 2. The van der Waals surface area contributed by atoms with Crippen molar-refractivity contribution in [2.24, 2.45) is 0 Å². The predicted octanol–water partition coefficient (Wildman–Crippen LogP) is 1.67. The molecule has 6 heteroatoms. The van der Waals surface area contributed by atoms with Crippen LogP contribution in [0.3, 0.4) is 0 Å². The fraction of sp³-hybridized carbons (Fsp3) is 0.706. The van der Waals surface area contributed by atoms with Gasteiger partial charge in [-0.2, -0.15) is 0 Å². The van der Waals surface area contributed by atoms with Crippen LogP contribution in [0.15, 0.2) is 12.4 Å². The molecule has 3 rings (SSSR count). The zero-order chi connectivity index (χ0) is 16.1. The van der Waals surface area contributed by atoms with Crippen LogP contribution < -0.4 is 5.32 Å². The lowest BCUT2D eigenvalue weighted by Gasteiger charge is -2.35. The first-order valence-corrected chi connectivity index (χ1v) is 8.76. The van der Waals surface area contributed by atoms with E-state index in [1.54, 1.807) is 6.33 Å². The minimum Gasteiger partial charge on any atom is -0.367 e.